The number of nitrogens with zero attached hydrogens (tertiary/aromatic N) is 1. The summed E-state index contributed by atoms with van der Waals surface area (Å²) < 4.78 is 6.03. The molecule has 1 atom stereocenters. The van der Waals surface area contributed by atoms with Crippen LogP contribution in [0.25, 0.3) is 0 Å². The van der Waals surface area contributed by atoms with E-state index in [1.54, 1.807) is 6.07 Å². The molecule has 3 aliphatic rings. The minimum Gasteiger partial charge on any atom is -0.478 e. The van der Waals surface area contributed by atoms with Crippen molar-refractivity contribution in [2.75, 3.05) is 18.1 Å². The molecule has 0 amide bonds. The lowest BCUT2D eigenvalue weighted by Gasteiger charge is -2.49. The number of carboxylic acids is 1. The molecule has 4 heteroatoms. The Kier molecular flexibility index (Phi) is 2.96. The Labute approximate surface area is 124 Å². The molecule has 1 aromatic rings. The van der Waals surface area contributed by atoms with Crippen LogP contribution in [0.15, 0.2) is 18.2 Å². The molecule has 2 fully saturated rings. The van der Waals surface area contributed by atoms with Crippen LogP contribution in [0.5, 0.6) is 0 Å². The average Bonchev–Trinajstić information content (AvgIpc) is 2.88. The summed E-state index contributed by atoms with van der Waals surface area (Å²) in [6, 6.07) is 6.12. The van der Waals surface area contributed by atoms with E-state index in [1.165, 1.54) is 30.5 Å². The summed E-state index contributed by atoms with van der Waals surface area (Å²) in [5.41, 5.74) is 2.98. The monoisotopic (exact) mass is 287 g/mol. The van der Waals surface area contributed by atoms with Crippen molar-refractivity contribution in [2.45, 2.75) is 50.2 Å². The van der Waals surface area contributed by atoms with Crippen LogP contribution >= 0.6 is 0 Å². The summed E-state index contributed by atoms with van der Waals surface area (Å²) in [5.74, 6) is -0.837. The van der Waals surface area contributed by atoms with Crippen molar-refractivity contribution < 1.29 is 14.6 Å². The maximum atomic E-state index is 11.1. The Hall–Kier alpha value is -1.55. The van der Waals surface area contributed by atoms with Gasteiger partial charge in [0, 0.05) is 24.9 Å². The van der Waals surface area contributed by atoms with E-state index >= 15 is 0 Å². The average molecular weight is 287 g/mol. The topological polar surface area (TPSA) is 49.8 Å². The molecular weight excluding hydrogens is 266 g/mol. The fourth-order valence-corrected chi connectivity index (χ4v) is 4.13. The zero-order chi connectivity index (χ0) is 14.4. The van der Waals surface area contributed by atoms with Gasteiger partial charge in [0.25, 0.3) is 0 Å². The number of carboxylic acid groups (broad SMARTS) is 1. The van der Waals surface area contributed by atoms with Crippen LogP contribution in [-0.4, -0.2) is 35.9 Å². The highest BCUT2D eigenvalue weighted by Gasteiger charge is 2.44. The lowest BCUT2D eigenvalue weighted by molar-refractivity contribution is -0.132. The van der Waals surface area contributed by atoms with Crippen LogP contribution in [0.2, 0.25) is 0 Å². The molecule has 1 aromatic carbocycles. The van der Waals surface area contributed by atoms with E-state index in [-0.39, 0.29) is 5.60 Å². The van der Waals surface area contributed by atoms with Crippen LogP contribution in [0.1, 0.15) is 48.0 Å². The van der Waals surface area contributed by atoms with Crippen LogP contribution in [0.4, 0.5) is 5.69 Å². The predicted octanol–water partition coefficient (Wildman–Crippen LogP) is 2.85. The maximum Gasteiger partial charge on any atom is 0.335 e. The number of anilines is 1. The summed E-state index contributed by atoms with van der Waals surface area (Å²) in [5, 5.41) is 9.11. The van der Waals surface area contributed by atoms with Gasteiger partial charge in [-0.25, -0.2) is 4.79 Å². The van der Waals surface area contributed by atoms with Gasteiger partial charge in [-0.1, -0.05) is 0 Å². The third-order valence-electron chi connectivity index (χ3n) is 5.43. The van der Waals surface area contributed by atoms with Crippen molar-refractivity contribution in [1.29, 1.82) is 0 Å². The number of hydrogen-bond acceptors (Lipinski definition) is 3. The minimum absolute atomic E-state index is 0.159. The molecule has 1 saturated heterocycles. The molecule has 0 radical (unpaired) electrons. The smallest absolute Gasteiger partial charge is 0.335 e. The van der Waals surface area contributed by atoms with Crippen molar-refractivity contribution in [3.63, 3.8) is 0 Å². The first-order chi connectivity index (χ1) is 10.2. The number of benzene rings is 1. The minimum atomic E-state index is -0.837. The Balaban J connectivity index is 1.57. The number of hydrogen-bond donors (Lipinski definition) is 1. The summed E-state index contributed by atoms with van der Waals surface area (Å²) in [6.07, 6.45) is 6.89. The van der Waals surface area contributed by atoms with Crippen LogP contribution < -0.4 is 4.90 Å². The Morgan fingerprint density at radius 3 is 2.95 bits per heavy atom. The number of rotatable bonds is 2. The van der Waals surface area contributed by atoms with Crippen molar-refractivity contribution in [1.82, 2.24) is 0 Å². The molecule has 0 bridgehead atoms. The van der Waals surface area contributed by atoms with E-state index in [2.05, 4.69) is 4.90 Å². The van der Waals surface area contributed by atoms with E-state index < -0.39 is 5.97 Å². The van der Waals surface area contributed by atoms with Crippen molar-refractivity contribution in [3.8, 4) is 0 Å². The SMILES string of the molecule is O=C(O)c1ccc2c(c1)CCN2C1CCOC2(CCC2)C1. The second-order valence-electron chi connectivity index (χ2n) is 6.62. The highest BCUT2D eigenvalue weighted by atomic mass is 16.5. The van der Waals surface area contributed by atoms with E-state index in [0.29, 0.717) is 11.6 Å². The second kappa shape index (κ2) is 4.73. The van der Waals surface area contributed by atoms with Gasteiger partial charge in [0.05, 0.1) is 11.2 Å². The van der Waals surface area contributed by atoms with Crippen molar-refractivity contribution in [2.24, 2.45) is 0 Å². The van der Waals surface area contributed by atoms with E-state index in [0.717, 1.165) is 32.4 Å². The molecule has 1 saturated carbocycles. The van der Waals surface area contributed by atoms with E-state index in [1.807, 2.05) is 12.1 Å². The van der Waals surface area contributed by atoms with Crippen molar-refractivity contribution >= 4 is 11.7 Å². The van der Waals surface area contributed by atoms with Crippen LogP contribution in [0.3, 0.4) is 0 Å². The highest BCUT2D eigenvalue weighted by molar-refractivity contribution is 5.88. The first-order valence-corrected chi connectivity index (χ1v) is 7.94. The normalized spacial score (nSPS) is 26.5. The van der Waals surface area contributed by atoms with Gasteiger partial charge in [-0.15, -0.1) is 0 Å². The van der Waals surface area contributed by atoms with Gasteiger partial charge in [-0.3, -0.25) is 0 Å². The predicted molar refractivity (Wildman–Crippen MR) is 80.0 cm³/mol. The molecule has 2 heterocycles. The van der Waals surface area contributed by atoms with E-state index in [9.17, 15) is 4.79 Å². The quantitative estimate of drug-likeness (QED) is 0.908. The third kappa shape index (κ3) is 2.13. The highest BCUT2D eigenvalue weighted by Crippen LogP contribution is 2.45. The molecule has 21 heavy (non-hydrogen) atoms. The number of ether oxygens (including phenoxy) is 1. The van der Waals surface area contributed by atoms with Gasteiger partial charge in [-0.05, 0) is 62.3 Å². The maximum absolute atomic E-state index is 11.1. The molecule has 1 unspecified atom stereocenters. The largest absolute Gasteiger partial charge is 0.478 e. The molecule has 1 aliphatic carbocycles. The molecule has 0 aromatic heterocycles. The van der Waals surface area contributed by atoms with Crippen molar-refractivity contribution in [3.05, 3.63) is 29.3 Å². The lowest BCUT2D eigenvalue weighted by Crippen LogP contribution is -2.52. The van der Waals surface area contributed by atoms with Gasteiger partial charge < -0.3 is 14.7 Å². The number of fused-ring (bicyclic) bond motifs is 1. The van der Waals surface area contributed by atoms with Gasteiger partial charge in [-0.2, -0.15) is 0 Å². The first-order valence-electron chi connectivity index (χ1n) is 7.94. The summed E-state index contributed by atoms with van der Waals surface area (Å²) in [7, 11) is 0. The van der Waals surface area contributed by atoms with Crippen LogP contribution in [-0.2, 0) is 11.2 Å². The number of aromatic carboxylic acids is 1. The van der Waals surface area contributed by atoms with Gasteiger partial charge >= 0.3 is 5.97 Å². The van der Waals surface area contributed by atoms with E-state index in [4.69, 9.17) is 9.84 Å². The zero-order valence-electron chi connectivity index (χ0n) is 12.2. The summed E-state index contributed by atoms with van der Waals surface area (Å²) in [6.45, 7) is 1.88. The van der Waals surface area contributed by atoms with Gasteiger partial charge in [0.15, 0.2) is 0 Å². The summed E-state index contributed by atoms with van der Waals surface area (Å²) >= 11 is 0. The Bertz CT molecular complexity index is 579. The Morgan fingerprint density at radius 2 is 2.24 bits per heavy atom. The molecule has 1 N–H and O–H groups in total. The standard InChI is InChI=1S/C17H21NO3/c19-16(20)13-2-3-15-12(10-13)4-8-18(15)14-5-9-21-17(11-14)6-1-7-17/h2-3,10,14H,1,4-9,11H2,(H,19,20). The fraction of sp³-hybridized carbons (Fsp3) is 0.588. The van der Waals surface area contributed by atoms with Gasteiger partial charge in [0.2, 0.25) is 0 Å². The molecule has 112 valence electrons. The second-order valence-corrected chi connectivity index (χ2v) is 6.62. The fourth-order valence-electron chi connectivity index (χ4n) is 4.13. The lowest BCUT2D eigenvalue weighted by atomic mass is 9.73. The molecule has 1 spiro atoms. The molecular formula is C17H21NO3. The van der Waals surface area contributed by atoms with Crippen LogP contribution in [0, 0.1) is 0 Å². The molecule has 2 aliphatic heterocycles. The molecule has 4 nitrogen and oxygen atoms in total. The van der Waals surface area contributed by atoms with Gasteiger partial charge in [0.1, 0.15) is 0 Å². The molecule has 4 rings (SSSR count). The third-order valence-corrected chi connectivity index (χ3v) is 5.43. The number of carbonyl (C=O) groups is 1. The summed E-state index contributed by atoms with van der Waals surface area (Å²) in [4.78, 5) is 13.6. The zero-order valence-corrected chi connectivity index (χ0v) is 12.2. The Morgan fingerprint density at radius 1 is 1.38 bits per heavy atom. The first kappa shape index (κ1) is 13.1.